The van der Waals surface area contributed by atoms with Crippen LogP contribution in [0.4, 0.5) is 0 Å². The molecule has 1 N–H and O–H groups in total. The van der Waals surface area contributed by atoms with Crippen molar-refractivity contribution in [3.8, 4) is 10.4 Å². The lowest BCUT2D eigenvalue weighted by molar-refractivity contribution is 0.0690. The number of rotatable bonds is 5. The van der Waals surface area contributed by atoms with E-state index < -0.39 is 0 Å². The van der Waals surface area contributed by atoms with Gasteiger partial charge >= 0.3 is 0 Å². The van der Waals surface area contributed by atoms with E-state index in [9.17, 15) is 9.59 Å². The van der Waals surface area contributed by atoms with E-state index in [0.717, 1.165) is 34.0 Å². The van der Waals surface area contributed by atoms with Crippen LogP contribution in [0.1, 0.15) is 37.8 Å². The fourth-order valence-electron chi connectivity index (χ4n) is 4.69. The molecule has 3 aromatic rings. The van der Waals surface area contributed by atoms with E-state index in [1.165, 1.54) is 0 Å². The Kier molecular flexibility index (Phi) is 5.51. The van der Waals surface area contributed by atoms with Crippen LogP contribution in [0.5, 0.6) is 0 Å². The SMILES string of the molecule is Cc1cccc(-c2sc(C)nc2C(=O)N2C[C@@H]3C[C@@H]3[C@H]2CNC(=O)c2cccc(Cl)c2)c1. The molecule has 1 aromatic heterocycles. The molecule has 1 aliphatic heterocycles. The summed E-state index contributed by atoms with van der Waals surface area (Å²) < 4.78 is 0. The Morgan fingerprint density at radius 2 is 2.00 bits per heavy atom. The van der Waals surface area contributed by atoms with Gasteiger partial charge in [-0.1, -0.05) is 47.5 Å². The minimum absolute atomic E-state index is 0.0111. The molecule has 1 saturated carbocycles. The van der Waals surface area contributed by atoms with Gasteiger partial charge in [0.05, 0.1) is 15.9 Å². The standard InChI is InChI=1S/C25H24ClN3O2S/c1-14-5-3-6-16(9-14)23-22(28-15(2)32-23)25(31)29-13-18-11-20(18)21(29)12-27-24(30)17-7-4-8-19(26)10-17/h3-10,18,20-21H,11-13H2,1-2H3,(H,27,30)/t18-,20-,21+/m0/s1. The summed E-state index contributed by atoms with van der Waals surface area (Å²) in [6, 6.07) is 15.1. The van der Waals surface area contributed by atoms with Crippen molar-refractivity contribution in [1.82, 2.24) is 15.2 Å². The summed E-state index contributed by atoms with van der Waals surface area (Å²) in [6.07, 6.45) is 1.11. The summed E-state index contributed by atoms with van der Waals surface area (Å²) in [5, 5.41) is 4.41. The van der Waals surface area contributed by atoms with Crippen molar-refractivity contribution in [1.29, 1.82) is 0 Å². The molecule has 2 amide bonds. The van der Waals surface area contributed by atoms with Gasteiger partial charge in [-0.15, -0.1) is 11.3 Å². The Bertz CT molecular complexity index is 1210. The van der Waals surface area contributed by atoms with Crippen LogP contribution in [0.3, 0.4) is 0 Å². The van der Waals surface area contributed by atoms with E-state index in [4.69, 9.17) is 11.6 Å². The van der Waals surface area contributed by atoms with Gasteiger partial charge < -0.3 is 10.2 Å². The number of aromatic nitrogens is 1. The number of halogens is 1. The second kappa shape index (κ2) is 8.34. The highest BCUT2D eigenvalue weighted by Crippen LogP contribution is 2.50. The summed E-state index contributed by atoms with van der Waals surface area (Å²) in [5.41, 5.74) is 3.22. The number of carbonyl (C=O) groups is 2. The Balaban J connectivity index is 1.36. The molecule has 2 aliphatic rings. The van der Waals surface area contributed by atoms with E-state index >= 15 is 0 Å². The first kappa shape index (κ1) is 21.2. The fourth-order valence-corrected chi connectivity index (χ4v) is 5.78. The fraction of sp³-hybridized carbons (Fsp3) is 0.320. The van der Waals surface area contributed by atoms with Gasteiger partial charge in [0, 0.05) is 23.7 Å². The molecule has 0 bridgehead atoms. The van der Waals surface area contributed by atoms with Crippen molar-refractivity contribution in [2.75, 3.05) is 13.1 Å². The van der Waals surface area contributed by atoms with Crippen molar-refractivity contribution in [3.05, 3.63) is 75.4 Å². The van der Waals surface area contributed by atoms with E-state index in [2.05, 4.69) is 16.4 Å². The highest BCUT2D eigenvalue weighted by molar-refractivity contribution is 7.15. The van der Waals surface area contributed by atoms with Crippen molar-refractivity contribution < 1.29 is 9.59 Å². The predicted octanol–water partition coefficient (Wildman–Crippen LogP) is 4.97. The lowest BCUT2D eigenvalue weighted by Gasteiger charge is -2.27. The molecule has 2 fully saturated rings. The molecular weight excluding hydrogens is 442 g/mol. The molecule has 164 valence electrons. The summed E-state index contributed by atoms with van der Waals surface area (Å²) >= 11 is 7.57. The van der Waals surface area contributed by atoms with E-state index in [1.54, 1.807) is 35.6 Å². The van der Waals surface area contributed by atoms with Crippen LogP contribution in [0.2, 0.25) is 5.02 Å². The van der Waals surface area contributed by atoms with Gasteiger partial charge in [0.15, 0.2) is 0 Å². The maximum Gasteiger partial charge on any atom is 0.274 e. The number of likely N-dealkylation sites (tertiary alicyclic amines) is 1. The summed E-state index contributed by atoms with van der Waals surface area (Å²) in [6.45, 7) is 5.14. The molecule has 0 radical (unpaired) electrons. The number of piperidine rings is 1. The van der Waals surface area contributed by atoms with Gasteiger partial charge in [-0.25, -0.2) is 4.98 Å². The zero-order chi connectivity index (χ0) is 22.4. The molecule has 32 heavy (non-hydrogen) atoms. The molecule has 2 heterocycles. The normalized spacial score (nSPS) is 21.3. The van der Waals surface area contributed by atoms with E-state index in [1.807, 2.05) is 36.9 Å². The van der Waals surface area contributed by atoms with Crippen molar-refractivity contribution in [2.45, 2.75) is 26.3 Å². The highest BCUT2D eigenvalue weighted by Gasteiger charge is 2.54. The van der Waals surface area contributed by atoms with Crippen LogP contribution < -0.4 is 5.32 Å². The third-order valence-corrected chi connectivity index (χ3v) is 7.59. The average molecular weight is 466 g/mol. The lowest BCUT2D eigenvalue weighted by atomic mass is 10.1. The van der Waals surface area contributed by atoms with Gasteiger partial charge in [0.1, 0.15) is 5.69 Å². The number of fused-ring (bicyclic) bond motifs is 1. The second-order valence-electron chi connectivity index (χ2n) is 8.68. The monoisotopic (exact) mass is 465 g/mol. The Labute approximate surface area is 196 Å². The van der Waals surface area contributed by atoms with Gasteiger partial charge in [0.25, 0.3) is 11.8 Å². The lowest BCUT2D eigenvalue weighted by Crippen LogP contribution is -2.45. The number of hydrogen-bond acceptors (Lipinski definition) is 4. The first-order valence-corrected chi connectivity index (χ1v) is 12.0. The first-order valence-electron chi connectivity index (χ1n) is 10.8. The van der Waals surface area contributed by atoms with Gasteiger partial charge in [0.2, 0.25) is 0 Å². The number of amides is 2. The van der Waals surface area contributed by atoms with Crippen LogP contribution in [-0.4, -0.2) is 40.8 Å². The number of carbonyl (C=O) groups excluding carboxylic acids is 2. The molecule has 5 nitrogen and oxygen atoms in total. The number of benzene rings is 2. The van der Waals surface area contributed by atoms with Crippen LogP contribution in [0, 0.1) is 25.7 Å². The Hall–Kier alpha value is -2.70. The minimum Gasteiger partial charge on any atom is -0.350 e. The number of aryl methyl sites for hydroxylation is 2. The predicted molar refractivity (Wildman–Crippen MR) is 127 cm³/mol. The molecule has 3 atom stereocenters. The molecule has 7 heteroatoms. The summed E-state index contributed by atoms with van der Waals surface area (Å²) in [4.78, 5) is 33.7. The van der Waals surface area contributed by atoms with Crippen molar-refractivity contribution >= 4 is 34.8 Å². The summed E-state index contributed by atoms with van der Waals surface area (Å²) in [7, 11) is 0. The largest absolute Gasteiger partial charge is 0.350 e. The van der Waals surface area contributed by atoms with E-state index in [-0.39, 0.29) is 17.9 Å². The molecule has 5 rings (SSSR count). The first-order chi connectivity index (χ1) is 15.4. The second-order valence-corrected chi connectivity index (χ2v) is 10.3. The van der Waals surface area contributed by atoms with E-state index in [0.29, 0.717) is 34.7 Å². The number of thiazole rings is 1. The topological polar surface area (TPSA) is 62.3 Å². The molecule has 2 aromatic carbocycles. The smallest absolute Gasteiger partial charge is 0.274 e. The quantitative estimate of drug-likeness (QED) is 0.578. The van der Waals surface area contributed by atoms with Crippen LogP contribution in [0.25, 0.3) is 10.4 Å². The van der Waals surface area contributed by atoms with Gasteiger partial charge in [-0.05, 0) is 55.9 Å². The highest BCUT2D eigenvalue weighted by atomic mass is 35.5. The van der Waals surface area contributed by atoms with Crippen LogP contribution in [-0.2, 0) is 0 Å². The molecule has 1 aliphatic carbocycles. The molecule has 0 unspecified atom stereocenters. The Morgan fingerprint density at radius 3 is 2.78 bits per heavy atom. The maximum atomic E-state index is 13.6. The zero-order valence-electron chi connectivity index (χ0n) is 18.0. The van der Waals surface area contributed by atoms with Crippen molar-refractivity contribution in [2.24, 2.45) is 11.8 Å². The van der Waals surface area contributed by atoms with Gasteiger partial charge in [-0.3, -0.25) is 9.59 Å². The summed E-state index contributed by atoms with van der Waals surface area (Å²) in [5.74, 6) is 0.754. The molecule has 0 spiro atoms. The molecular formula is C25H24ClN3O2S. The maximum absolute atomic E-state index is 13.6. The Morgan fingerprint density at radius 1 is 1.19 bits per heavy atom. The number of nitrogens with one attached hydrogen (secondary N) is 1. The van der Waals surface area contributed by atoms with Crippen LogP contribution >= 0.6 is 22.9 Å². The zero-order valence-corrected chi connectivity index (χ0v) is 19.5. The number of nitrogens with zero attached hydrogens (tertiary/aromatic N) is 2. The average Bonchev–Trinajstić information content (AvgIpc) is 3.28. The molecule has 1 saturated heterocycles. The third kappa shape index (κ3) is 4.05. The minimum atomic E-state index is -0.172. The van der Waals surface area contributed by atoms with Crippen molar-refractivity contribution in [3.63, 3.8) is 0 Å². The van der Waals surface area contributed by atoms with Gasteiger partial charge in [-0.2, -0.15) is 0 Å². The number of hydrogen-bond donors (Lipinski definition) is 1. The third-order valence-electron chi connectivity index (χ3n) is 6.34. The van der Waals surface area contributed by atoms with Crippen LogP contribution in [0.15, 0.2) is 48.5 Å².